The predicted molar refractivity (Wildman–Crippen MR) is 94.1 cm³/mol. The molecule has 1 aromatic heterocycles. The molecule has 2 heterocycles. The number of nitrogens with zero attached hydrogens (tertiary/aromatic N) is 3. The Morgan fingerprint density at radius 1 is 1.12 bits per heavy atom. The van der Waals surface area contributed by atoms with E-state index in [9.17, 15) is 14.4 Å². The van der Waals surface area contributed by atoms with E-state index in [0.29, 0.717) is 55.7 Å². The number of nitrogens with one attached hydrogen (secondary N) is 1. The fourth-order valence-corrected chi connectivity index (χ4v) is 3.12. The predicted octanol–water partition coefficient (Wildman–Crippen LogP) is 0.936. The number of carbonyl (C=O) groups excluding carboxylic acids is 2. The molecule has 7 nitrogen and oxygen atoms in total. The summed E-state index contributed by atoms with van der Waals surface area (Å²) in [5.74, 6) is 0.602. The monoisotopic (exact) mass is 342 g/mol. The first kappa shape index (κ1) is 17.1. The Morgan fingerprint density at radius 3 is 2.64 bits per heavy atom. The molecule has 1 aromatic carbocycles. The molecular formula is C18H22N4O3. The third-order valence-electron chi connectivity index (χ3n) is 4.53. The Morgan fingerprint density at radius 2 is 1.84 bits per heavy atom. The van der Waals surface area contributed by atoms with E-state index in [4.69, 9.17) is 0 Å². The molecule has 1 fully saturated rings. The fraction of sp³-hybridized carbons (Fsp3) is 0.444. The Balaban J connectivity index is 1.62. The van der Waals surface area contributed by atoms with Gasteiger partial charge in [-0.15, -0.1) is 0 Å². The lowest BCUT2D eigenvalue weighted by Gasteiger charge is -2.21. The zero-order valence-electron chi connectivity index (χ0n) is 14.3. The molecule has 25 heavy (non-hydrogen) atoms. The molecular weight excluding hydrogens is 320 g/mol. The second kappa shape index (κ2) is 7.46. The van der Waals surface area contributed by atoms with Crippen molar-refractivity contribution in [2.75, 3.05) is 26.2 Å². The summed E-state index contributed by atoms with van der Waals surface area (Å²) in [7, 11) is 0. The number of para-hydroxylation sites is 1. The third kappa shape index (κ3) is 4.04. The van der Waals surface area contributed by atoms with Crippen LogP contribution in [0.15, 0.2) is 29.1 Å². The Kier molecular flexibility index (Phi) is 5.11. The lowest BCUT2D eigenvalue weighted by atomic mass is 10.2. The van der Waals surface area contributed by atoms with Crippen LogP contribution in [0.3, 0.4) is 0 Å². The number of rotatable bonds is 3. The van der Waals surface area contributed by atoms with E-state index < -0.39 is 0 Å². The SMILES string of the molecule is CC(=O)N1CCCN(C(=O)CCc2nc3ccccc3c(=O)[nH]2)CC1. The second-order valence-electron chi connectivity index (χ2n) is 6.27. The van der Waals surface area contributed by atoms with Gasteiger partial charge in [0.1, 0.15) is 5.82 Å². The number of carbonyl (C=O) groups is 2. The highest BCUT2D eigenvalue weighted by Gasteiger charge is 2.20. The number of benzene rings is 1. The lowest BCUT2D eigenvalue weighted by Crippen LogP contribution is -2.36. The van der Waals surface area contributed by atoms with Gasteiger partial charge in [0.2, 0.25) is 11.8 Å². The van der Waals surface area contributed by atoms with Gasteiger partial charge >= 0.3 is 0 Å². The van der Waals surface area contributed by atoms with Crippen molar-refractivity contribution in [3.63, 3.8) is 0 Å². The summed E-state index contributed by atoms with van der Waals surface area (Å²) in [5.41, 5.74) is 0.459. The molecule has 1 aliphatic rings. The van der Waals surface area contributed by atoms with E-state index in [1.54, 1.807) is 34.9 Å². The molecule has 1 saturated heterocycles. The first-order valence-electron chi connectivity index (χ1n) is 8.56. The van der Waals surface area contributed by atoms with E-state index >= 15 is 0 Å². The minimum Gasteiger partial charge on any atom is -0.341 e. The van der Waals surface area contributed by atoms with Crippen LogP contribution in [0.25, 0.3) is 10.9 Å². The Hall–Kier alpha value is -2.70. The zero-order valence-corrected chi connectivity index (χ0v) is 14.3. The van der Waals surface area contributed by atoms with Gasteiger partial charge in [-0.3, -0.25) is 14.4 Å². The quantitative estimate of drug-likeness (QED) is 0.899. The largest absolute Gasteiger partial charge is 0.341 e. The van der Waals surface area contributed by atoms with Gasteiger partial charge in [0.15, 0.2) is 0 Å². The highest BCUT2D eigenvalue weighted by Crippen LogP contribution is 2.09. The molecule has 0 unspecified atom stereocenters. The molecule has 132 valence electrons. The maximum Gasteiger partial charge on any atom is 0.258 e. The van der Waals surface area contributed by atoms with Crippen molar-refractivity contribution in [1.29, 1.82) is 0 Å². The van der Waals surface area contributed by atoms with Crippen molar-refractivity contribution in [2.24, 2.45) is 0 Å². The van der Waals surface area contributed by atoms with Gasteiger partial charge in [0.05, 0.1) is 10.9 Å². The van der Waals surface area contributed by atoms with E-state index in [0.717, 1.165) is 6.42 Å². The van der Waals surface area contributed by atoms with Gasteiger partial charge in [0, 0.05) is 45.9 Å². The third-order valence-corrected chi connectivity index (χ3v) is 4.53. The van der Waals surface area contributed by atoms with E-state index in [-0.39, 0.29) is 17.4 Å². The van der Waals surface area contributed by atoms with Crippen LogP contribution in [0.2, 0.25) is 0 Å². The van der Waals surface area contributed by atoms with Crippen molar-refractivity contribution in [3.05, 3.63) is 40.4 Å². The summed E-state index contributed by atoms with van der Waals surface area (Å²) < 4.78 is 0. The molecule has 0 spiro atoms. The van der Waals surface area contributed by atoms with E-state index in [2.05, 4.69) is 9.97 Å². The number of hydrogen-bond donors (Lipinski definition) is 1. The van der Waals surface area contributed by atoms with Gasteiger partial charge < -0.3 is 14.8 Å². The van der Waals surface area contributed by atoms with Gasteiger partial charge in [-0.25, -0.2) is 4.98 Å². The summed E-state index contributed by atoms with van der Waals surface area (Å²) in [6, 6.07) is 7.16. The van der Waals surface area contributed by atoms with E-state index in [1.165, 1.54) is 0 Å². The number of fused-ring (bicyclic) bond motifs is 1. The molecule has 0 aliphatic carbocycles. The van der Waals surface area contributed by atoms with Crippen LogP contribution in [0.4, 0.5) is 0 Å². The molecule has 0 bridgehead atoms. The molecule has 1 N–H and O–H groups in total. The lowest BCUT2D eigenvalue weighted by molar-refractivity contribution is -0.132. The van der Waals surface area contributed by atoms with Crippen LogP contribution in [-0.4, -0.2) is 57.8 Å². The van der Waals surface area contributed by atoms with Crippen LogP contribution in [0, 0.1) is 0 Å². The average molecular weight is 342 g/mol. The van der Waals surface area contributed by atoms with Crippen molar-refractivity contribution < 1.29 is 9.59 Å². The Bertz CT molecular complexity index is 846. The molecule has 2 amide bonds. The van der Waals surface area contributed by atoms with Crippen LogP contribution in [-0.2, 0) is 16.0 Å². The van der Waals surface area contributed by atoms with Crippen LogP contribution in [0.1, 0.15) is 25.6 Å². The van der Waals surface area contributed by atoms with Gasteiger partial charge in [-0.2, -0.15) is 0 Å². The van der Waals surface area contributed by atoms with Crippen LogP contribution in [0.5, 0.6) is 0 Å². The molecule has 0 radical (unpaired) electrons. The zero-order chi connectivity index (χ0) is 17.8. The smallest absolute Gasteiger partial charge is 0.258 e. The van der Waals surface area contributed by atoms with E-state index in [1.807, 2.05) is 6.07 Å². The summed E-state index contributed by atoms with van der Waals surface area (Å²) >= 11 is 0. The van der Waals surface area contributed by atoms with Crippen LogP contribution < -0.4 is 5.56 Å². The van der Waals surface area contributed by atoms with Crippen molar-refractivity contribution >= 4 is 22.7 Å². The number of aryl methyl sites for hydroxylation is 1. The van der Waals surface area contributed by atoms with Gasteiger partial charge in [-0.05, 0) is 18.6 Å². The molecule has 7 heteroatoms. The van der Waals surface area contributed by atoms with Crippen molar-refractivity contribution in [1.82, 2.24) is 19.8 Å². The van der Waals surface area contributed by atoms with Gasteiger partial charge in [0.25, 0.3) is 5.56 Å². The summed E-state index contributed by atoms with van der Waals surface area (Å²) in [6.45, 7) is 4.04. The number of hydrogen-bond acceptors (Lipinski definition) is 4. The first-order chi connectivity index (χ1) is 12.0. The number of amides is 2. The molecule has 1 aliphatic heterocycles. The highest BCUT2D eigenvalue weighted by molar-refractivity contribution is 5.78. The molecule has 0 saturated carbocycles. The molecule has 2 aromatic rings. The van der Waals surface area contributed by atoms with Crippen molar-refractivity contribution in [2.45, 2.75) is 26.2 Å². The van der Waals surface area contributed by atoms with Crippen molar-refractivity contribution in [3.8, 4) is 0 Å². The average Bonchev–Trinajstić information content (AvgIpc) is 2.86. The van der Waals surface area contributed by atoms with Crippen LogP contribution >= 0.6 is 0 Å². The fourth-order valence-electron chi connectivity index (χ4n) is 3.12. The normalized spacial score (nSPS) is 15.2. The number of H-pyrrole nitrogens is 1. The summed E-state index contributed by atoms with van der Waals surface area (Å²) in [6.07, 6.45) is 1.48. The minimum absolute atomic E-state index is 0.0289. The topological polar surface area (TPSA) is 86.4 Å². The first-order valence-corrected chi connectivity index (χ1v) is 8.56. The minimum atomic E-state index is -0.181. The molecule has 0 atom stereocenters. The number of aromatic amines is 1. The maximum absolute atomic E-state index is 12.5. The maximum atomic E-state index is 12.5. The summed E-state index contributed by atoms with van der Waals surface area (Å²) in [5, 5.41) is 0.550. The standard InChI is InChI=1S/C18H22N4O3/c1-13(23)21-9-4-10-22(12-11-21)17(24)8-7-16-19-15-6-3-2-5-14(15)18(25)20-16/h2-3,5-6H,4,7-12H2,1H3,(H,19,20,25). The Labute approximate surface area is 145 Å². The number of aromatic nitrogens is 2. The molecule has 3 rings (SSSR count). The summed E-state index contributed by atoms with van der Waals surface area (Å²) in [4.78, 5) is 46.7. The highest BCUT2D eigenvalue weighted by atomic mass is 16.2. The van der Waals surface area contributed by atoms with Gasteiger partial charge in [-0.1, -0.05) is 12.1 Å². The second-order valence-corrected chi connectivity index (χ2v) is 6.27.